The average molecular weight is 371 g/mol. The molecule has 0 atom stereocenters. The van der Waals surface area contributed by atoms with Gasteiger partial charge in [0.15, 0.2) is 12.4 Å². The number of hydrogen-bond acceptors (Lipinski definition) is 5. The van der Waals surface area contributed by atoms with Gasteiger partial charge in [-0.05, 0) is 26.0 Å². The maximum Gasteiger partial charge on any atom is 0.416 e. The van der Waals surface area contributed by atoms with Crippen molar-refractivity contribution in [2.24, 2.45) is 0 Å². The normalized spacial score (nSPS) is 13.7. The molecule has 0 spiro atoms. The number of aryl methyl sites for hydroxylation is 2. The van der Waals surface area contributed by atoms with Crippen LogP contribution in [-0.2, 0) is 11.0 Å². The van der Waals surface area contributed by atoms with Crippen molar-refractivity contribution >= 4 is 34.5 Å². The van der Waals surface area contributed by atoms with Gasteiger partial charge in [-0.3, -0.25) is 9.59 Å². The first kappa shape index (κ1) is 17.2. The number of carbonyl (C=O) groups is 2. The third kappa shape index (κ3) is 3.43. The van der Waals surface area contributed by atoms with Gasteiger partial charge in [-0.2, -0.15) is 13.2 Å². The molecule has 0 radical (unpaired) electrons. The molecule has 0 unspecified atom stereocenters. The van der Waals surface area contributed by atoms with Gasteiger partial charge in [0.05, 0.1) is 21.9 Å². The predicted octanol–water partition coefficient (Wildman–Crippen LogP) is 3.36. The van der Waals surface area contributed by atoms with Crippen LogP contribution in [0.4, 0.5) is 24.5 Å². The molecular weight excluding hydrogens is 359 g/mol. The molecule has 1 aliphatic rings. The SMILES string of the molecule is Cc1nc(C(=O)Nc2cc(C(F)(F)F)cc3c2OCC(=O)N3)c(C)s1. The molecule has 0 saturated carbocycles. The van der Waals surface area contributed by atoms with E-state index in [9.17, 15) is 22.8 Å². The lowest BCUT2D eigenvalue weighted by molar-refractivity contribution is -0.137. The molecule has 3 rings (SSSR count). The summed E-state index contributed by atoms with van der Waals surface area (Å²) in [4.78, 5) is 28.5. The number of anilines is 2. The second kappa shape index (κ2) is 6.03. The maximum absolute atomic E-state index is 13.1. The molecule has 10 heteroatoms. The molecule has 0 fully saturated rings. The Morgan fingerprint density at radius 1 is 1.36 bits per heavy atom. The molecule has 2 N–H and O–H groups in total. The number of aromatic nitrogens is 1. The van der Waals surface area contributed by atoms with Crippen molar-refractivity contribution in [1.29, 1.82) is 0 Å². The topological polar surface area (TPSA) is 80.3 Å². The van der Waals surface area contributed by atoms with Crippen molar-refractivity contribution in [2.75, 3.05) is 17.2 Å². The first-order chi connectivity index (χ1) is 11.6. The third-order valence-electron chi connectivity index (χ3n) is 3.40. The fourth-order valence-electron chi connectivity index (χ4n) is 2.38. The van der Waals surface area contributed by atoms with E-state index in [0.29, 0.717) is 9.88 Å². The van der Waals surface area contributed by atoms with Gasteiger partial charge in [0, 0.05) is 4.88 Å². The van der Waals surface area contributed by atoms with Crippen LogP contribution in [0, 0.1) is 13.8 Å². The van der Waals surface area contributed by atoms with Crippen LogP contribution in [0.3, 0.4) is 0 Å². The van der Waals surface area contributed by atoms with Gasteiger partial charge in [0.2, 0.25) is 0 Å². The molecule has 2 heterocycles. The molecule has 0 saturated heterocycles. The van der Waals surface area contributed by atoms with Gasteiger partial charge in [-0.15, -0.1) is 11.3 Å². The molecule has 25 heavy (non-hydrogen) atoms. The molecule has 6 nitrogen and oxygen atoms in total. The Kier molecular flexibility index (Phi) is 4.15. The van der Waals surface area contributed by atoms with Crippen LogP contribution in [-0.4, -0.2) is 23.4 Å². The van der Waals surface area contributed by atoms with E-state index < -0.39 is 23.6 Å². The van der Waals surface area contributed by atoms with Crippen LogP contribution in [0.15, 0.2) is 12.1 Å². The lowest BCUT2D eigenvalue weighted by Gasteiger charge is -2.22. The molecular formula is C15H12F3N3O3S. The Morgan fingerprint density at radius 2 is 2.08 bits per heavy atom. The van der Waals surface area contributed by atoms with E-state index in [-0.39, 0.29) is 29.4 Å². The number of thiazole rings is 1. The summed E-state index contributed by atoms with van der Waals surface area (Å²) in [7, 11) is 0. The highest BCUT2D eigenvalue weighted by Crippen LogP contribution is 2.42. The summed E-state index contributed by atoms with van der Waals surface area (Å²) < 4.78 is 44.5. The summed E-state index contributed by atoms with van der Waals surface area (Å²) >= 11 is 1.30. The second-order valence-corrected chi connectivity index (χ2v) is 6.73. The number of rotatable bonds is 2. The number of carbonyl (C=O) groups excluding carboxylic acids is 2. The zero-order chi connectivity index (χ0) is 18.4. The van der Waals surface area contributed by atoms with Gasteiger partial charge in [0.1, 0.15) is 5.69 Å². The molecule has 132 valence electrons. The van der Waals surface area contributed by atoms with Crippen LogP contribution >= 0.6 is 11.3 Å². The molecule has 0 aliphatic carbocycles. The highest BCUT2D eigenvalue weighted by molar-refractivity contribution is 7.11. The second-order valence-electron chi connectivity index (χ2n) is 5.33. The molecule has 2 aromatic rings. The molecule has 1 aromatic heterocycles. The van der Waals surface area contributed by atoms with E-state index in [0.717, 1.165) is 12.1 Å². The van der Waals surface area contributed by atoms with Crippen molar-refractivity contribution in [3.05, 3.63) is 33.3 Å². The maximum atomic E-state index is 13.1. The van der Waals surface area contributed by atoms with Crippen LogP contribution in [0.25, 0.3) is 0 Å². The minimum atomic E-state index is -4.65. The molecule has 1 aromatic carbocycles. The number of benzene rings is 1. The highest BCUT2D eigenvalue weighted by atomic mass is 32.1. The van der Waals surface area contributed by atoms with E-state index in [1.165, 1.54) is 11.3 Å². The van der Waals surface area contributed by atoms with Gasteiger partial charge in [-0.1, -0.05) is 0 Å². The number of halogens is 3. The van der Waals surface area contributed by atoms with Crippen molar-refractivity contribution in [3.63, 3.8) is 0 Å². The van der Waals surface area contributed by atoms with Crippen molar-refractivity contribution in [1.82, 2.24) is 4.98 Å². The van der Waals surface area contributed by atoms with E-state index in [4.69, 9.17) is 4.74 Å². The van der Waals surface area contributed by atoms with Gasteiger partial charge >= 0.3 is 6.18 Å². The molecule has 0 bridgehead atoms. The fraction of sp³-hybridized carbons (Fsp3) is 0.267. The minimum Gasteiger partial charge on any atom is -0.479 e. The van der Waals surface area contributed by atoms with Crippen LogP contribution in [0.2, 0.25) is 0 Å². The molecule has 1 aliphatic heterocycles. The third-order valence-corrected chi connectivity index (χ3v) is 4.29. The quantitative estimate of drug-likeness (QED) is 0.848. The van der Waals surface area contributed by atoms with Crippen molar-refractivity contribution in [3.8, 4) is 5.75 Å². The summed E-state index contributed by atoms with van der Waals surface area (Å²) in [6, 6.07) is 1.53. The fourth-order valence-corrected chi connectivity index (χ4v) is 3.19. The number of nitrogens with one attached hydrogen (secondary N) is 2. The monoisotopic (exact) mass is 371 g/mol. The number of ether oxygens (including phenoxy) is 1. The van der Waals surface area contributed by atoms with E-state index >= 15 is 0 Å². The summed E-state index contributed by atoms with van der Waals surface area (Å²) in [5.74, 6) is -1.25. The predicted molar refractivity (Wildman–Crippen MR) is 85.1 cm³/mol. The largest absolute Gasteiger partial charge is 0.479 e. The van der Waals surface area contributed by atoms with E-state index in [2.05, 4.69) is 15.6 Å². The Hall–Kier alpha value is -2.62. The smallest absolute Gasteiger partial charge is 0.416 e. The minimum absolute atomic E-state index is 0.0226. The first-order valence-corrected chi connectivity index (χ1v) is 7.90. The van der Waals surface area contributed by atoms with Crippen molar-refractivity contribution < 1.29 is 27.5 Å². The molecule has 2 amide bonds. The summed E-state index contributed by atoms with van der Waals surface area (Å²) in [6.45, 7) is 3.06. The van der Waals surface area contributed by atoms with Gasteiger partial charge in [-0.25, -0.2) is 4.98 Å². The number of amides is 2. The Bertz CT molecular complexity index is 877. The summed E-state index contributed by atoms with van der Waals surface area (Å²) in [5.41, 5.74) is -1.21. The summed E-state index contributed by atoms with van der Waals surface area (Å²) in [6.07, 6.45) is -4.65. The average Bonchev–Trinajstić information content (AvgIpc) is 2.84. The van der Waals surface area contributed by atoms with Crippen LogP contribution < -0.4 is 15.4 Å². The lowest BCUT2D eigenvalue weighted by Crippen LogP contribution is -2.27. The zero-order valence-corrected chi connectivity index (χ0v) is 13.9. The standard InChI is InChI=1S/C15H12F3N3O3S/c1-6-12(19-7(2)25-6)14(23)21-10-4-8(15(16,17)18)3-9-13(10)24-5-11(22)20-9/h3-4H,5H2,1-2H3,(H,20,22)(H,21,23). The van der Waals surface area contributed by atoms with Gasteiger partial charge in [0.25, 0.3) is 11.8 Å². The summed E-state index contributed by atoms with van der Waals surface area (Å²) in [5, 5.41) is 5.37. The lowest BCUT2D eigenvalue weighted by atomic mass is 10.1. The highest BCUT2D eigenvalue weighted by Gasteiger charge is 2.34. The Balaban J connectivity index is 2.02. The zero-order valence-electron chi connectivity index (χ0n) is 13.1. The van der Waals surface area contributed by atoms with Crippen LogP contribution in [0.1, 0.15) is 25.9 Å². The van der Waals surface area contributed by atoms with Crippen molar-refractivity contribution in [2.45, 2.75) is 20.0 Å². The Labute approximate surface area is 144 Å². The first-order valence-electron chi connectivity index (χ1n) is 7.08. The number of hydrogen-bond donors (Lipinski definition) is 2. The van der Waals surface area contributed by atoms with E-state index in [1.54, 1.807) is 13.8 Å². The number of alkyl halides is 3. The Morgan fingerprint density at radius 3 is 2.68 bits per heavy atom. The van der Waals surface area contributed by atoms with E-state index in [1.807, 2.05) is 0 Å². The number of fused-ring (bicyclic) bond motifs is 1. The number of nitrogens with zero attached hydrogens (tertiary/aromatic N) is 1. The van der Waals surface area contributed by atoms with Crippen LogP contribution in [0.5, 0.6) is 5.75 Å². The van der Waals surface area contributed by atoms with Gasteiger partial charge < -0.3 is 15.4 Å².